The van der Waals surface area contributed by atoms with Gasteiger partial charge in [-0.15, -0.1) is 0 Å². The van der Waals surface area contributed by atoms with Gasteiger partial charge in [0.05, 0.1) is 0 Å². The molecule has 0 saturated heterocycles. The standard InChI is InChI=1S/C21H20/c1-14(2)21(3)12-11-17-8-7-15-5-4-6-16-9-10-18(13-21)20(17)19(15)16/h4-14H,1-3H3. The number of rotatable bonds is 1. The van der Waals surface area contributed by atoms with Crippen LogP contribution in [0.25, 0.3) is 33.7 Å². The molecule has 104 valence electrons. The number of benzene rings is 3. The van der Waals surface area contributed by atoms with E-state index in [1.54, 1.807) is 0 Å². The van der Waals surface area contributed by atoms with Gasteiger partial charge in [0.25, 0.3) is 0 Å². The minimum atomic E-state index is 0.108. The van der Waals surface area contributed by atoms with Crippen molar-refractivity contribution in [1.82, 2.24) is 0 Å². The highest BCUT2D eigenvalue weighted by atomic mass is 14.3. The number of allylic oxidation sites excluding steroid dienone is 1. The average Bonchev–Trinajstić information content (AvgIpc) is 2.63. The molecule has 0 aliphatic heterocycles. The number of hydrogen-bond acceptors (Lipinski definition) is 0. The second kappa shape index (κ2) is 4.21. The van der Waals surface area contributed by atoms with Gasteiger partial charge in [0, 0.05) is 5.41 Å². The smallest absolute Gasteiger partial charge is 0.00681 e. The summed E-state index contributed by atoms with van der Waals surface area (Å²) in [6, 6.07) is 15.6. The van der Waals surface area contributed by atoms with Gasteiger partial charge in [0.2, 0.25) is 0 Å². The van der Waals surface area contributed by atoms with Crippen LogP contribution in [0.15, 0.2) is 48.5 Å². The van der Waals surface area contributed by atoms with Crippen molar-refractivity contribution in [1.29, 1.82) is 0 Å². The molecule has 3 aromatic carbocycles. The predicted molar refractivity (Wildman–Crippen MR) is 93.1 cm³/mol. The monoisotopic (exact) mass is 272 g/mol. The van der Waals surface area contributed by atoms with Crippen molar-refractivity contribution in [3.05, 3.63) is 59.3 Å². The minimum absolute atomic E-state index is 0.108. The van der Waals surface area contributed by atoms with E-state index in [1.807, 2.05) is 0 Å². The van der Waals surface area contributed by atoms with E-state index in [0.29, 0.717) is 5.92 Å². The van der Waals surface area contributed by atoms with Gasteiger partial charge in [-0.3, -0.25) is 0 Å². The van der Waals surface area contributed by atoms with E-state index < -0.39 is 0 Å². The quantitative estimate of drug-likeness (QED) is 0.572. The normalized spacial score (nSPS) is 21.0. The SMILES string of the molecule is CC(C)C1(C)C=Cc2ccc3cccc4ccc(c2c34)=C1. The van der Waals surface area contributed by atoms with E-state index >= 15 is 0 Å². The molecule has 0 bridgehead atoms. The molecule has 0 radical (unpaired) electrons. The summed E-state index contributed by atoms with van der Waals surface area (Å²) in [5, 5.41) is 6.86. The predicted octanol–water partition coefficient (Wildman–Crippen LogP) is 5.18. The van der Waals surface area contributed by atoms with Crippen LogP contribution in [0.3, 0.4) is 0 Å². The van der Waals surface area contributed by atoms with E-state index in [1.165, 1.54) is 32.3 Å². The molecule has 1 aliphatic carbocycles. The van der Waals surface area contributed by atoms with E-state index in [-0.39, 0.29) is 5.41 Å². The van der Waals surface area contributed by atoms with Crippen molar-refractivity contribution in [3.63, 3.8) is 0 Å². The van der Waals surface area contributed by atoms with Gasteiger partial charge in [-0.2, -0.15) is 0 Å². The Bertz CT molecular complexity index is 912. The van der Waals surface area contributed by atoms with Gasteiger partial charge in [0.15, 0.2) is 0 Å². The molecule has 0 heteroatoms. The lowest BCUT2D eigenvalue weighted by molar-refractivity contribution is 0.411. The van der Waals surface area contributed by atoms with Crippen LogP contribution in [0, 0.1) is 11.3 Å². The van der Waals surface area contributed by atoms with E-state index in [2.05, 4.69) is 81.5 Å². The van der Waals surface area contributed by atoms with Crippen LogP contribution in [0.2, 0.25) is 0 Å². The Morgan fingerprint density at radius 2 is 1.57 bits per heavy atom. The van der Waals surface area contributed by atoms with Gasteiger partial charge in [0.1, 0.15) is 0 Å². The molecule has 0 aromatic heterocycles. The lowest BCUT2D eigenvalue weighted by Gasteiger charge is -2.26. The second-order valence-corrected chi connectivity index (χ2v) is 6.76. The van der Waals surface area contributed by atoms with Crippen molar-refractivity contribution < 1.29 is 0 Å². The fourth-order valence-electron chi connectivity index (χ4n) is 3.41. The molecule has 4 rings (SSSR count). The van der Waals surface area contributed by atoms with Crippen LogP contribution in [-0.4, -0.2) is 0 Å². The highest BCUT2D eigenvalue weighted by Crippen LogP contribution is 2.36. The van der Waals surface area contributed by atoms with Gasteiger partial charge in [-0.1, -0.05) is 81.5 Å². The lowest BCUT2D eigenvalue weighted by atomic mass is 9.78. The molecule has 0 fully saturated rings. The third-order valence-corrected chi connectivity index (χ3v) is 5.17. The zero-order valence-corrected chi connectivity index (χ0v) is 12.9. The summed E-state index contributed by atoms with van der Waals surface area (Å²) in [6.45, 7) is 6.93. The summed E-state index contributed by atoms with van der Waals surface area (Å²) >= 11 is 0. The van der Waals surface area contributed by atoms with Crippen LogP contribution >= 0.6 is 0 Å². The first kappa shape index (κ1) is 12.6. The molecule has 21 heavy (non-hydrogen) atoms. The molecule has 1 aliphatic rings. The van der Waals surface area contributed by atoms with Crippen molar-refractivity contribution >= 4 is 33.7 Å². The van der Waals surface area contributed by atoms with Crippen molar-refractivity contribution in [2.45, 2.75) is 20.8 Å². The first-order valence-electron chi connectivity index (χ1n) is 7.75. The highest BCUT2D eigenvalue weighted by Gasteiger charge is 2.24. The molecule has 0 amide bonds. The topological polar surface area (TPSA) is 0 Å². The first-order chi connectivity index (χ1) is 10.1. The molecule has 3 aromatic rings. The van der Waals surface area contributed by atoms with E-state index in [0.717, 1.165) is 0 Å². The minimum Gasteiger partial charge on any atom is -0.0739 e. The molecular formula is C21H20. The Hall–Kier alpha value is -2.08. The Kier molecular flexibility index (Phi) is 2.53. The lowest BCUT2D eigenvalue weighted by Crippen LogP contribution is -2.20. The van der Waals surface area contributed by atoms with Crippen LogP contribution in [0.4, 0.5) is 0 Å². The Morgan fingerprint density at radius 1 is 0.857 bits per heavy atom. The fraction of sp³-hybridized carbons (Fsp3) is 0.238. The maximum atomic E-state index is 2.45. The molecule has 0 nitrogen and oxygen atoms in total. The van der Waals surface area contributed by atoms with Gasteiger partial charge in [-0.05, 0) is 38.2 Å². The van der Waals surface area contributed by atoms with Crippen molar-refractivity contribution in [2.24, 2.45) is 11.3 Å². The summed E-state index contributed by atoms with van der Waals surface area (Å²) in [5.74, 6) is 0.580. The summed E-state index contributed by atoms with van der Waals surface area (Å²) < 4.78 is 0. The summed E-state index contributed by atoms with van der Waals surface area (Å²) in [6.07, 6.45) is 7.14. The summed E-state index contributed by atoms with van der Waals surface area (Å²) in [5.41, 5.74) is 1.45. The molecule has 1 unspecified atom stereocenters. The zero-order chi connectivity index (χ0) is 14.6. The van der Waals surface area contributed by atoms with Crippen LogP contribution in [0.5, 0.6) is 0 Å². The molecule has 0 saturated carbocycles. The van der Waals surface area contributed by atoms with Crippen LogP contribution in [0.1, 0.15) is 26.3 Å². The van der Waals surface area contributed by atoms with Gasteiger partial charge >= 0.3 is 0 Å². The second-order valence-electron chi connectivity index (χ2n) is 6.76. The van der Waals surface area contributed by atoms with E-state index in [9.17, 15) is 0 Å². The third-order valence-electron chi connectivity index (χ3n) is 5.17. The van der Waals surface area contributed by atoms with Crippen LogP contribution < -0.4 is 5.22 Å². The van der Waals surface area contributed by atoms with Gasteiger partial charge < -0.3 is 0 Å². The maximum absolute atomic E-state index is 2.45. The molecule has 1 atom stereocenters. The van der Waals surface area contributed by atoms with Crippen molar-refractivity contribution in [3.8, 4) is 0 Å². The Labute approximate surface area is 125 Å². The molecule has 0 heterocycles. The molecule has 0 spiro atoms. The molecular weight excluding hydrogens is 252 g/mol. The van der Waals surface area contributed by atoms with Crippen LogP contribution in [-0.2, 0) is 0 Å². The fourth-order valence-corrected chi connectivity index (χ4v) is 3.41. The van der Waals surface area contributed by atoms with E-state index in [4.69, 9.17) is 0 Å². The zero-order valence-electron chi connectivity index (χ0n) is 12.9. The van der Waals surface area contributed by atoms with Gasteiger partial charge in [-0.25, -0.2) is 0 Å². The number of hydrogen-bond donors (Lipinski definition) is 0. The third kappa shape index (κ3) is 1.75. The largest absolute Gasteiger partial charge is 0.0739 e. The maximum Gasteiger partial charge on any atom is 0.00681 e. The first-order valence-corrected chi connectivity index (χ1v) is 7.75. The average molecular weight is 272 g/mol. The Morgan fingerprint density at radius 3 is 2.29 bits per heavy atom. The molecule has 0 N–H and O–H groups in total. The highest BCUT2D eigenvalue weighted by molar-refractivity contribution is 6.13. The Balaban J connectivity index is 2.23. The van der Waals surface area contributed by atoms with Crippen molar-refractivity contribution in [2.75, 3.05) is 0 Å². The summed E-state index contributed by atoms with van der Waals surface area (Å²) in [4.78, 5) is 0. The summed E-state index contributed by atoms with van der Waals surface area (Å²) in [7, 11) is 0.